The number of benzene rings is 1. The summed E-state index contributed by atoms with van der Waals surface area (Å²) in [6, 6.07) is 7.43. The van der Waals surface area contributed by atoms with E-state index in [2.05, 4.69) is 19.9 Å². The zero-order valence-electron chi connectivity index (χ0n) is 21.2. The smallest absolute Gasteiger partial charge is 0.166 e. The summed E-state index contributed by atoms with van der Waals surface area (Å²) < 4.78 is 27.1. The normalized spacial score (nSPS) is 24.5. The number of ether oxygens (including phenoxy) is 4. The highest BCUT2D eigenvalue weighted by Gasteiger charge is 2.56. The van der Waals surface area contributed by atoms with Crippen LogP contribution < -0.4 is 4.74 Å². The first kappa shape index (κ1) is 25.3. The second-order valence-corrected chi connectivity index (χ2v) is 10.7. The number of pyridine rings is 1. The van der Waals surface area contributed by atoms with Crippen molar-refractivity contribution < 1.29 is 18.9 Å². The largest absolute Gasteiger partial charge is 0.491 e. The molecule has 2 aliphatic heterocycles. The molecule has 0 aliphatic carbocycles. The first-order valence-corrected chi connectivity index (χ1v) is 12.9. The zero-order valence-corrected chi connectivity index (χ0v) is 22.7. The lowest BCUT2D eigenvalue weighted by molar-refractivity contribution is -0.198. The quantitative estimate of drug-likeness (QED) is 0.241. The number of rotatable bonds is 6. The Bertz CT molecular complexity index is 1540. The maximum absolute atomic E-state index is 6.48. The summed E-state index contributed by atoms with van der Waals surface area (Å²) in [6.45, 7) is 4.04. The van der Waals surface area contributed by atoms with Crippen LogP contribution in [0.2, 0.25) is 10.0 Å². The van der Waals surface area contributed by atoms with E-state index in [0.717, 1.165) is 10.8 Å². The molecule has 4 aromatic rings. The summed E-state index contributed by atoms with van der Waals surface area (Å²) in [5.74, 6) is 0.442. The topological polar surface area (TPSA) is 96.1 Å². The van der Waals surface area contributed by atoms with Gasteiger partial charge in [0.1, 0.15) is 42.6 Å². The fraction of sp³-hybridized carbons (Fsp3) is 0.385. The predicted molar refractivity (Wildman–Crippen MR) is 144 cm³/mol. The molecule has 0 amide bonds. The van der Waals surface area contributed by atoms with Gasteiger partial charge in [-0.15, -0.1) is 0 Å². The Hall–Kier alpha value is -3.02. The summed E-state index contributed by atoms with van der Waals surface area (Å²) >= 11 is 12.4. The number of hydrogen-bond donors (Lipinski definition) is 0. The van der Waals surface area contributed by atoms with E-state index in [0.29, 0.717) is 32.8 Å². The van der Waals surface area contributed by atoms with Crippen LogP contribution >= 0.6 is 23.2 Å². The van der Waals surface area contributed by atoms with E-state index in [4.69, 9.17) is 42.1 Å². The summed E-state index contributed by atoms with van der Waals surface area (Å²) in [6.07, 6.45) is 5.07. The first-order valence-electron chi connectivity index (χ1n) is 12.1. The van der Waals surface area contributed by atoms with Crippen molar-refractivity contribution in [1.29, 1.82) is 0 Å². The number of hydrogen-bond acceptors (Lipinski definition) is 8. The molecule has 10 nitrogen and oxygen atoms in total. The summed E-state index contributed by atoms with van der Waals surface area (Å²) in [5.41, 5.74) is 1.38. The van der Waals surface area contributed by atoms with Crippen molar-refractivity contribution in [2.24, 2.45) is 4.99 Å². The number of nitrogens with zero attached hydrogens (tertiary/aromatic N) is 6. The van der Waals surface area contributed by atoms with Gasteiger partial charge in [-0.25, -0.2) is 15.0 Å². The molecular weight excluding hydrogens is 531 g/mol. The van der Waals surface area contributed by atoms with Crippen molar-refractivity contribution in [3.63, 3.8) is 0 Å². The van der Waals surface area contributed by atoms with Gasteiger partial charge in [0.15, 0.2) is 17.8 Å². The molecule has 1 aromatic carbocycles. The Labute approximate surface area is 229 Å². The maximum atomic E-state index is 6.48. The van der Waals surface area contributed by atoms with Crippen molar-refractivity contribution in [3.05, 3.63) is 53.0 Å². The molecule has 0 spiro atoms. The van der Waals surface area contributed by atoms with E-state index in [-0.39, 0.29) is 18.8 Å². The molecule has 4 atom stereocenters. The Morgan fingerprint density at radius 1 is 1.11 bits per heavy atom. The second-order valence-electron chi connectivity index (χ2n) is 9.91. The Kier molecular flexibility index (Phi) is 6.40. The lowest BCUT2D eigenvalue weighted by Crippen LogP contribution is -2.33. The molecule has 0 bridgehead atoms. The standard InChI is InChI=1S/C26H26Cl2N6O4/c1-26(2)37-21-19(11-35-14-5-6-15-18(9-14)29-10-17(27)20(15)28)36-25(22(21)38-26)34-8-7-16-23(32-13-33(3)4)30-12-31-24(16)34/h5-10,12-13,19,21-22,25H,11H2,1-4H3/b32-13+/t19-,21-,22-,25-/m1/s1. The van der Waals surface area contributed by atoms with E-state index in [1.807, 2.05) is 67.9 Å². The zero-order chi connectivity index (χ0) is 26.6. The Morgan fingerprint density at radius 3 is 2.74 bits per heavy atom. The van der Waals surface area contributed by atoms with Crippen LogP contribution in [0.3, 0.4) is 0 Å². The predicted octanol–water partition coefficient (Wildman–Crippen LogP) is 5.00. The van der Waals surface area contributed by atoms with Crippen molar-refractivity contribution in [2.75, 3.05) is 20.7 Å². The number of fused-ring (bicyclic) bond motifs is 3. The van der Waals surface area contributed by atoms with Gasteiger partial charge in [0.25, 0.3) is 0 Å². The van der Waals surface area contributed by atoms with Crippen LogP contribution in [-0.2, 0) is 14.2 Å². The molecule has 0 radical (unpaired) electrons. The SMILES string of the molecule is CN(C)/C=N/c1ncnc2c1ccn2[C@@H]1O[C@H](COc2ccc3c(Cl)c(Cl)cnc3c2)[C@H]2OC(C)(C)O[C@H]21. The average Bonchev–Trinajstić information content (AvgIpc) is 3.54. The van der Waals surface area contributed by atoms with Crippen molar-refractivity contribution in [3.8, 4) is 5.75 Å². The molecule has 198 valence electrons. The van der Waals surface area contributed by atoms with Gasteiger partial charge in [0.05, 0.1) is 27.3 Å². The monoisotopic (exact) mass is 556 g/mol. The third kappa shape index (κ3) is 4.56. The van der Waals surface area contributed by atoms with Gasteiger partial charge in [0.2, 0.25) is 0 Å². The second kappa shape index (κ2) is 9.62. The fourth-order valence-electron chi connectivity index (χ4n) is 4.84. The minimum atomic E-state index is -0.766. The van der Waals surface area contributed by atoms with Gasteiger partial charge in [-0.2, -0.15) is 0 Å². The molecule has 2 aliphatic rings. The molecule has 0 N–H and O–H groups in total. The molecule has 2 fully saturated rings. The molecule has 0 unspecified atom stereocenters. The molecule has 38 heavy (non-hydrogen) atoms. The van der Waals surface area contributed by atoms with Crippen LogP contribution in [-0.4, -0.2) is 75.6 Å². The highest BCUT2D eigenvalue weighted by atomic mass is 35.5. The van der Waals surface area contributed by atoms with E-state index >= 15 is 0 Å². The van der Waals surface area contributed by atoms with Crippen LogP contribution in [0.15, 0.2) is 48.0 Å². The van der Waals surface area contributed by atoms with Crippen LogP contribution in [0, 0.1) is 0 Å². The minimum Gasteiger partial charge on any atom is -0.491 e. The van der Waals surface area contributed by atoms with E-state index in [1.54, 1.807) is 6.34 Å². The lowest BCUT2D eigenvalue weighted by atomic mass is 10.1. The van der Waals surface area contributed by atoms with Gasteiger partial charge < -0.3 is 28.4 Å². The molecule has 3 aromatic heterocycles. The van der Waals surface area contributed by atoms with E-state index in [1.165, 1.54) is 12.5 Å². The van der Waals surface area contributed by atoms with Crippen LogP contribution in [0.5, 0.6) is 5.75 Å². The highest BCUT2D eigenvalue weighted by Crippen LogP contribution is 2.44. The summed E-state index contributed by atoms with van der Waals surface area (Å²) in [4.78, 5) is 19.5. The van der Waals surface area contributed by atoms with E-state index < -0.39 is 18.1 Å². The number of aliphatic imine (C=N–C) groups is 1. The molecule has 6 rings (SSSR count). The number of aromatic nitrogens is 4. The van der Waals surface area contributed by atoms with Crippen molar-refractivity contribution >= 4 is 57.3 Å². The van der Waals surface area contributed by atoms with Crippen LogP contribution in [0.25, 0.3) is 21.9 Å². The Balaban J connectivity index is 1.27. The van der Waals surface area contributed by atoms with Crippen LogP contribution in [0.1, 0.15) is 20.1 Å². The summed E-state index contributed by atoms with van der Waals surface area (Å²) in [7, 11) is 3.81. The van der Waals surface area contributed by atoms with Gasteiger partial charge in [-0.1, -0.05) is 23.2 Å². The third-order valence-corrected chi connectivity index (χ3v) is 7.24. The fourth-order valence-corrected chi connectivity index (χ4v) is 5.20. The van der Waals surface area contributed by atoms with E-state index in [9.17, 15) is 0 Å². The average molecular weight is 557 g/mol. The van der Waals surface area contributed by atoms with Crippen LogP contribution in [0.4, 0.5) is 5.82 Å². The molecular formula is C26H26Cl2N6O4. The van der Waals surface area contributed by atoms with Crippen molar-refractivity contribution in [2.45, 2.75) is 44.2 Å². The molecule has 2 saturated heterocycles. The maximum Gasteiger partial charge on any atom is 0.166 e. The number of halogens is 2. The molecule has 12 heteroatoms. The first-order chi connectivity index (χ1) is 18.2. The van der Waals surface area contributed by atoms with Gasteiger partial charge in [0, 0.05) is 37.9 Å². The third-order valence-electron chi connectivity index (χ3n) is 6.45. The molecule has 5 heterocycles. The lowest BCUT2D eigenvalue weighted by Gasteiger charge is -2.25. The van der Waals surface area contributed by atoms with Crippen molar-refractivity contribution in [1.82, 2.24) is 24.4 Å². The minimum absolute atomic E-state index is 0.247. The van der Waals surface area contributed by atoms with Gasteiger partial charge >= 0.3 is 0 Å². The Morgan fingerprint density at radius 2 is 1.92 bits per heavy atom. The highest BCUT2D eigenvalue weighted by molar-refractivity contribution is 6.45. The summed E-state index contributed by atoms with van der Waals surface area (Å²) in [5, 5.41) is 2.44. The molecule has 0 saturated carbocycles. The van der Waals surface area contributed by atoms with Gasteiger partial charge in [-0.05, 0) is 32.0 Å². The van der Waals surface area contributed by atoms with Gasteiger partial charge in [-0.3, -0.25) is 4.98 Å².